The SMILES string of the molecule is C=C1C(=O)OC2C1CCC(C)=CCCC1(C)OC21.Cl.Nc1ccc(N=Nc2ccccc2)c(N)n1. The molecule has 35 heavy (non-hydrogen) atoms. The monoisotopic (exact) mass is 497 g/mol. The van der Waals surface area contributed by atoms with Gasteiger partial charge in [0.15, 0.2) is 5.82 Å². The van der Waals surface area contributed by atoms with Crippen molar-refractivity contribution in [2.45, 2.75) is 57.3 Å². The maximum atomic E-state index is 11.7. The van der Waals surface area contributed by atoms with Crippen LogP contribution in [-0.4, -0.2) is 28.8 Å². The molecule has 1 aromatic carbocycles. The maximum Gasteiger partial charge on any atom is 0.334 e. The molecule has 0 bridgehead atoms. The Morgan fingerprint density at radius 1 is 1.14 bits per heavy atom. The number of carbonyl (C=O) groups is 1. The number of hydrogen-bond acceptors (Lipinski definition) is 8. The quantitative estimate of drug-likeness (QED) is 0.176. The van der Waals surface area contributed by atoms with Crippen LogP contribution in [0.1, 0.15) is 39.5 Å². The first-order valence-corrected chi connectivity index (χ1v) is 11.5. The average Bonchev–Trinajstić information content (AvgIpc) is 3.40. The fourth-order valence-corrected chi connectivity index (χ4v) is 4.38. The first-order chi connectivity index (χ1) is 16.3. The summed E-state index contributed by atoms with van der Waals surface area (Å²) in [4.78, 5) is 15.6. The number of fused-ring (bicyclic) bond motifs is 3. The lowest BCUT2D eigenvalue weighted by atomic mass is 9.84. The van der Waals surface area contributed by atoms with Crippen molar-refractivity contribution in [1.82, 2.24) is 4.98 Å². The summed E-state index contributed by atoms with van der Waals surface area (Å²) >= 11 is 0. The van der Waals surface area contributed by atoms with E-state index in [4.69, 9.17) is 20.9 Å². The van der Waals surface area contributed by atoms with E-state index in [0.29, 0.717) is 17.1 Å². The number of epoxide rings is 1. The number of allylic oxidation sites excluding steroid dienone is 2. The minimum atomic E-state index is -0.233. The normalized spacial score (nSPS) is 27.4. The molecule has 5 rings (SSSR count). The Morgan fingerprint density at radius 2 is 1.89 bits per heavy atom. The van der Waals surface area contributed by atoms with Gasteiger partial charge in [0.05, 0.1) is 11.3 Å². The number of benzene rings is 1. The minimum absolute atomic E-state index is 0. The summed E-state index contributed by atoms with van der Waals surface area (Å²) in [5.41, 5.74) is 14.3. The number of nitrogens with two attached hydrogens (primary N) is 2. The molecule has 4 atom stereocenters. The van der Waals surface area contributed by atoms with Crippen molar-refractivity contribution in [1.29, 1.82) is 0 Å². The van der Waals surface area contributed by atoms with Gasteiger partial charge in [-0.2, -0.15) is 5.11 Å². The van der Waals surface area contributed by atoms with Gasteiger partial charge in [-0.15, -0.1) is 17.5 Å². The van der Waals surface area contributed by atoms with Crippen LogP contribution >= 0.6 is 12.4 Å². The number of pyridine rings is 1. The fourth-order valence-electron chi connectivity index (χ4n) is 4.38. The van der Waals surface area contributed by atoms with Crippen molar-refractivity contribution < 1.29 is 14.3 Å². The van der Waals surface area contributed by atoms with Gasteiger partial charge in [0, 0.05) is 11.5 Å². The molecule has 2 aromatic rings. The van der Waals surface area contributed by atoms with E-state index in [1.54, 1.807) is 12.1 Å². The molecule has 0 radical (unpaired) electrons. The van der Waals surface area contributed by atoms with E-state index < -0.39 is 0 Å². The van der Waals surface area contributed by atoms with Crippen LogP contribution in [0.4, 0.5) is 23.0 Å². The molecule has 0 spiro atoms. The van der Waals surface area contributed by atoms with E-state index in [2.05, 4.69) is 41.7 Å². The molecule has 186 valence electrons. The number of hydrogen-bond donors (Lipinski definition) is 2. The zero-order valence-electron chi connectivity index (χ0n) is 20.0. The minimum Gasteiger partial charge on any atom is -0.455 e. The van der Waals surface area contributed by atoms with Crippen molar-refractivity contribution in [3.05, 3.63) is 66.3 Å². The summed E-state index contributed by atoms with van der Waals surface area (Å²) < 4.78 is 11.3. The molecular weight excluding hydrogens is 466 g/mol. The van der Waals surface area contributed by atoms with Crippen molar-refractivity contribution in [2.75, 3.05) is 11.5 Å². The molecule has 8 nitrogen and oxygen atoms in total. The summed E-state index contributed by atoms with van der Waals surface area (Å²) in [5.74, 6) is 0.547. The highest BCUT2D eigenvalue weighted by atomic mass is 35.5. The van der Waals surface area contributed by atoms with Crippen molar-refractivity contribution >= 4 is 41.4 Å². The summed E-state index contributed by atoms with van der Waals surface area (Å²) in [6, 6.07) is 12.7. The lowest BCUT2D eigenvalue weighted by molar-refractivity contribution is -0.140. The van der Waals surface area contributed by atoms with Crippen molar-refractivity contribution in [3.63, 3.8) is 0 Å². The van der Waals surface area contributed by atoms with Crippen LogP contribution in [0.2, 0.25) is 0 Å². The van der Waals surface area contributed by atoms with E-state index in [0.717, 1.165) is 31.4 Å². The zero-order chi connectivity index (χ0) is 24.3. The molecule has 2 fully saturated rings. The predicted octanol–water partition coefficient (Wildman–Crippen LogP) is 5.85. The smallest absolute Gasteiger partial charge is 0.334 e. The van der Waals surface area contributed by atoms with Crippen LogP contribution in [0, 0.1) is 5.92 Å². The molecule has 9 heteroatoms. The Hall–Kier alpha value is -3.23. The molecular formula is C26H32ClN5O3. The van der Waals surface area contributed by atoms with E-state index >= 15 is 0 Å². The third-order valence-corrected chi connectivity index (χ3v) is 6.53. The van der Waals surface area contributed by atoms with Gasteiger partial charge in [-0.05, 0) is 63.8 Å². The lowest BCUT2D eigenvalue weighted by Crippen LogP contribution is -2.28. The van der Waals surface area contributed by atoms with Crippen LogP contribution < -0.4 is 11.5 Å². The molecule has 0 amide bonds. The molecule has 3 heterocycles. The van der Waals surface area contributed by atoms with E-state index in [1.165, 1.54) is 5.57 Å². The molecule has 1 aliphatic carbocycles. The molecule has 1 aromatic heterocycles. The largest absolute Gasteiger partial charge is 0.455 e. The number of halogens is 1. The lowest BCUT2D eigenvalue weighted by Gasteiger charge is -2.19. The number of azo groups is 1. The Labute approximate surface area is 211 Å². The topological polar surface area (TPSA) is 128 Å². The number of nitrogen functional groups attached to an aromatic ring is 2. The van der Waals surface area contributed by atoms with E-state index in [-0.39, 0.29) is 47.9 Å². The van der Waals surface area contributed by atoms with Gasteiger partial charge < -0.3 is 20.9 Å². The number of carbonyl (C=O) groups excluding carboxylic acids is 1. The first-order valence-electron chi connectivity index (χ1n) is 11.5. The van der Waals surface area contributed by atoms with Crippen LogP contribution in [0.25, 0.3) is 0 Å². The summed E-state index contributed by atoms with van der Waals surface area (Å²) in [7, 11) is 0. The zero-order valence-corrected chi connectivity index (χ0v) is 20.8. The Morgan fingerprint density at radius 3 is 2.60 bits per heavy atom. The predicted molar refractivity (Wildman–Crippen MR) is 139 cm³/mol. The second kappa shape index (κ2) is 11.0. The van der Waals surface area contributed by atoms with Crippen LogP contribution in [-0.2, 0) is 14.3 Å². The van der Waals surface area contributed by atoms with Gasteiger partial charge >= 0.3 is 5.97 Å². The number of esters is 1. The van der Waals surface area contributed by atoms with Crippen LogP contribution in [0.3, 0.4) is 0 Å². The average molecular weight is 498 g/mol. The second-order valence-electron chi connectivity index (χ2n) is 9.16. The Bertz CT molecular complexity index is 1140. The van der Waals surface area contributed by atoms with E-state index in [9.17, 15) is 4.79 Å². The first kappa shape index (κ1) is 26.4. The van der Waals surface area contributed by atoms with Crippen LogP contribution in [0.5, 0.6) is 0 Å². The van der Waals surface area contributed by atoms with Gasteiger partial charge in [-0.3, -0.25) is 0 Å². The Balaban J connectivity index is 0.000000192. The number of aromatic nitrogens is 1. The highest BCUT2D eigenvalue weighted by molar-refractivity contribution is 5.91. The van der Waals surface area contributed by atoms with E-state index in [1.807, 2.05) is 30.3 Å². The highest BCUT2D eigenvalue weighted by Gasteiger charge is 2.61. The summed E-state index contributed by atoms with van der Waals surface area (Å²) in [5, 5.41) is 8.03. The summed E-state index contributed by atoms with van der Waals surface area (Å²) in [6.45, 7) is 8.17. The maximum absolute atomic E-state index is 11.7. The standard InChI is InChI=1S/C15H20O3.C11H11N5.ClH/c1-9-5-4-8-15(3)13(18-15)12-11(7-6-9)10(2)14(16)17-12;12-10-7-6-9(11(13)14-10)16-15-8-4-2-1-3-5-8;/h5,11-13H,2,4,6-8H2,1,3H3;1-7H,(H4,12,13,14);1H. The second-order valence-corrected chi connectivity index (χ2v) is 9.16. The molecule has 2 saturated heterocycles. The fraction of sp³-hybridized carbons (Fsp3) is 0.385. The van der Waals surface area contributed by atoms with Crippen LogP contribution in [0.15, 0.2) is 76.5 Å². The van der Waals surface area contributed by atoms with Gasteiger partial charge in [0.2, 0.25) is 0 Å². The third-order valence-electron chi connectivity index (χ3n) is 6.53. The number of ether oxygens (including phenoxy) is 2. The highest BCUT2D eigenvalue weighted by Crippen LogP contribution is 2.49. The van der Waals surface area contributed by atoms with Crippen molar-refractivity contribution in [2.24, 2.45) is 16.1 Å². The molecule has 0 saturated carbocycles. The third kappa shape index (κ3) is 6.26. The molecule has 4 N–H and O–H groups in total. The van der Waals surface area contributed by atoms with Crippen molar-refractivity contribution in [3.8, 4) is 0 Å². The summed E-state index contributed by atoms with van der Waals surface area (Å²) in [6.07, 6.45) is 6.25. The number of anilines is 2. The molecule has 2 aliphatic heterocycles. The number of rotatable bonds is 2. The van der Waals surface area contributed by atoms with Gasteiger partial charge in [-0.1, -0.05) is 36.4 Å². The Kier molecular flexibility index (Phi) is 8.30. The number of nitrogens with zero attached hydrogens (tertiary/aromatic N) is 3. The molecule has 3 aliphatic rings. The van der Waals surface area contributed by atoms with Gasteiger partial charge in [0.25, 0.3) is 0 Å². The molecule has 4 unspecified atom stereocenters. The van der Waals surface area contributed by atoms with Gasteiger partial charge in [0.1, 0.15) is 23.7 Å². The van der Waals surface area contributed by atoms with Gasteiger partial charge in [-0.25, -0.2) is 9.78 Å².